The lowest BCUT2D eigenvalue weighted by atomic mass is 9.99. The topological polar surface area (TPSA) is 40.0 Å². The van der Waals surface area contributed by atoms with E-state index in [4.69, 9.17) is 14.2 Å². The van der Waals surface area contributed by atoms with Crippen molar-refractivity contribution in [3.63, 3.8) is 0 Å². The minimum atomic E-state index is -0.00685. The maximum Gasteiger partial charge on any atom is 0.125 e. The first-order chi connectivity index (χ1) is 8.38. The van der Waals surface area contributed by atoms with Gasteiger partial charge in [0.2, 0.25) is 0 Å². The van der Waals surface area contributed by atoms with E-state index in [9.17, 15) is 0 Å². The summed E-state index contributed by atoms with van der Waals surface area (Å²) >= 11 is 0. The number of fused-ring (bicyclic) bond motifs is 3. The van der Waals surface area contributed by atoms with E-state index in [1.54, 1.807) is 7.11 Å². The third-order valence-corrected chi connectivity index (χ3v) is 3.19. The highest BCUT2D eigenvalue weighted by Crippen LogP contribution is 2.38. The van der Waals surface area contributed by atoms with Gasteiger partial charge in [-0.05, 0) is 18.2 Å². The van der Waals surface area contributed by atoms with Crippen molar-refractivity contribution in [2.75, 3.05) is 20.3 Å². The van der Waals surface area contributed by atoms with Crippen LogP contribution in [0.25, 0.3) is 0 Å². The van der Waals surface area contributed by atoms with E-state index in [1.165, 1.54) is 0 Å². The van der Waals surface area contributed by atoms with Gasteiger partial charge in [0.25, 0.3) is 0 Å². The summed E-state index contributed by atoms with van der Waals surface area (Å²) in [7, 11) is 1.66. The van der Waals surface area contributed by atoms with Gasteiger partial charge in [0.1, 0.15) is 17.6 Å². The molecular formula is C13H15NO3. The van der Waals surface area contributed by atoms with E-state index in [1.807, 2.05) is 24.4 Å². The maximum atomic E-state index is 5.80. The molecule has 0 saturated heterocycles. The van der Waals surface area contributed by atoms with Crippen LogP contribution in [0.3, 0.4) is 0 Å². The molecule has 0 unspecified atom stereocenters. The Morgan fingerprint density at radius 2 is 2.35 bits per heavy atom. The average Bonchev–Trinajstić information content (AvgIpc) is 2.57. The third-order valence-electron chi connectivity index (χ3n) is 3.19. The first kappa shape index (κ1) is 10.6. The molecule has 0 aromatic heterocycles. The van der Waals surface area contributed by atoms with Gasteiger partial charge in [-0.1, -0.05) is 0 Å². The fourth-order valence-corrected chi connectivity index (χ4v) is 2.33. The van der Waals surface area contributed by atoms with Crippen LogP contribution in [0.15, 0.2) is 23.2 Å². The zero-order valence-corrected chi connectivity index (χ0v) is 9.76. The van der Waals surface area contributed by atoms with Gasteiger partial charge >= 0.3 is 0 Å². The van der Waals surface area contributed by atoms with Crippen molar-refractivity contribution in [1.29, 1.82) is 0 Å². The highest BCUT2D eigenvalue weighted by atomic mass is 16.5. The molecule has 2 aliphatic heterocycles. The molecule has 0 fully saturated rings. The summed E-state index contributed by atoms with van der Waals surface area (Å²) < 4.78 is 16.8. The third kappa shape index (κ3) is 1.89. The Kier molecular flexibility index (Phi) is 2.73. The molecule has 0 spiro atoms. The monoisotopic (exact) mass is 233 g/mol. The van der Waals surface area contributed by atoms with Gasteiger partial charge in [-0.15, -0.1) is 0 Å². The zero-order valence-electron chi connectivity index (χ0n) is 9.76. The van der Waals surface area contributed by atoms with Crippen molar-refractivity contribution in [2.24, 2.45) is 4.99 Å². The molecule has 2 atom stereocenters. The standard InChI is InChI=1S/C13H15NO3/c1-15-9-2-3-12-10(8-9)13-11(4-6-16-12)14-5-7-17-13/h2-3,5,8,11,13H,4,6-7H2,1H3/t11-,13-/m1/s1. The number of ether oxygens (including phenoxy) is 3. The number of methoxy groups -OCH3 is 1. The van der Waals surface area contributed by atoms with Crippen LogP contribution >= 0.6 is 0 Å². The lowest BCUT2D eigenvalue weighted by Gasteiger charge is -2.25. The Hall–Kier alpha value is -1.55. The van der Waals surface area contributed by atoms with Crippen LogP contribution in [-0.2, 0) is 4.74 Å². The Morgan fingerprint density at radius 3 is 3.24 bits per heavy atom. The molecule has 4 heteroatoms. The van der Waals surface area contributed by atoms with Gasteiger partial charge in [-0.3, -0.25) is 4.99 Å². The van der Waals surface area contributed by atoms with E-state index in [2.05, 4.69) is 4.99 Å². The number of nitrogens with zero attached hydrogens (tertiary/aromatic N) is 1. The summed E-state index contributed by atoms with van der Waals surface area (Å²) in [6, 6.07) is 6.00. The molecular weight excluding hydrogens is 218 g/mol. The summed E-state index contributed by atoms with van der Waals surface area (Å²) in [5.41, 5.74) is 1.05. The number of hydrogen-bond donors (Lipinski definition) is 0. The van der Waals surface area contributed by atoms with Gasteiger partial charge < -0.3 is 14.2 Å². The second-order valence-corrected chi connectivity index (χ2v) is 4.19. The number of rotatable bonds is 1. The minimum absolute atomic E-state index is 0.00685. The summed E-state index contributed by atoms with van der Waals surface area (Å²) in [6.07, 6.45) is 2.72. The fraction of sp³-hybridized carbons (Fsp3) is 0.462. The van der Waals surface area contributed by atoms with Crippen molar-refractivity contribution in [1.82, 2.24) is 0 Å². The Bertz CT molecular complexity index is 444. The van der Waals surface area contributed by atoms with Crippen LogP contribution in [0.5, 0.6) is 11.5 Å². The quantitative estimate of drug-likeness (QED) is 0.744. The van der Waals surface area contributed by atoms with Crippen molar-refractivity contribution in [3.8, 4) is 11.5 Å². The van der Waals surface area contributed by atoms with Gasteiger partial charge in [0.15, 0.2) is 0 Å². The lowest BCUT2D eigenvalue weighted by Crippen LogP contribution is -2.24. The maximum absolute atomic E-state index is 5.80. The van der Waals surface area contributed by atoms with Gasteiger partial charge in [0.05, 0.1) is 26.4 Å². The van der Waals surface area contributed by atoms with Crippen LogP contribution in [0, 0.1) is 0 Å². The molecule has 90 valence electrons. The SMILES string of the molecule is COc1ccc2c(c1)[C@H]1OCC=N[C@@H]1CCO2. The molecule has 17 heavy (non-hydrogen) atoms. The highest BCUT2D eigenvalue weighted by Gasteiger charge is 2.31. The van der Waals surface area contributed by atoms with E-state index < -0.39 is 0 Å². The number of aliphatic imine (C=N–C) groups is 1. The lowest BCUT2D eigenvalue weighted by molar-refractivity contribution is 0.0528. The zero-order chi connectivity index (χ0) is 11.7. The van der Waals surface area contributed by atoms with Crippen molar-refractivity contribution in [2.45, 2.75) is 18.6 Å². The van der Waals surface area contributed by atoms with Crippen molar-refractivity contribution < 1.29 is 14.2 Å². The summed E-state index contributed by atoms with van der Waals surface area (Å²) in [5.74, 6) is 1.71. The van der Waals surface area contributed by atoms with Crippen LogP contribution in [0.2, 0.25) is 0 Å². The van der Waals surface area contributed by atoms with E-state index in [0.717, 1.165) is 23.5 Å². The minimum Gasteiger partial charge on any atom is -0.497 e. The molecule has 2 aliphatic rings. The number of benzene rings is 1. The first-order valence-electron chi connectivity index (χ1n) is 5.82. The van der Waals surface area contributed by atoms with E-state index in [0.29, 0.717) is 13.2 Å². The molecule has 1 aromatic rings. The molecule has 0 bridgehead atoms. The first-order valence-corrected chi connectivity index (χ1v) is 5.82. The normalized spacial score (nSPS) is 26.4. The van der Waals surface area contributed by atoms with Gasteiger partial charge in [0, 0.05) is 18.2 Å². The molecule has 0 amide bonds. The molecule has 0 N–H and O–H groups in total. The predicted octanol–water partition coefficient (Wildman–Crippen LogP) is 1.99. The van der Waals surface area contributed by atoms with Crippen LogP contribution in [-0.4, -0.2) is 32.6 Å². The fourth-order valence-electron chi connectivity index (χ4n) is 2.33. The van der Waals surface area contributed by atoms with Crippen LogP contribution in [0.4, 0.5) is 0 Å². The Morgan fingerprint density at radius 1 is 1.41 bits per heavy atom. The smallest absolute Gasteiger partial charge is 0.125 e. The molecule has 0 saturated carbocycles. The largest absolute Gasteiger partial charge is 0.497 e. The molecule has 1 aromatic carbocycles. The van der Waals surface area contributed by atoms with Gasteiger partial charge in [-0.2, -0.15) is 0 Å². The summed E-state index contributed by atoms with van der Waals surface area (Å²) in [4.78, 5) is 4.49. The van der Waals surface area contributed by atoms with E-state index >= 15 is 0 Å². The highest BCUT2D eigenvalue weighted by molar-refractivity contribution is 5.60. The Labute approximate surface area is 100 Å². The molecule has 4 nitrogen and oxygen atoms in total. The molecule has 3 rings (SSSR count). The molecule has 2 heterocycles. The summed E-state index contributed by atoms with van der Waals surface area (Å²) in [6.45, 7) is 1.25. The van der Waals surface area contributed by atoms with E-state index in [-0.39, 0.29) is 12.1 Å². The van der Waals surface area contributed by atoms with Crippen molar-refractivity contribution in [3.05, 3.63) is 23.8 Å². The molecule has 0 aliphatic carbocycles. The van der Waals surface area contributed by atoms with Gasteiger partial charge in [-0.25, -0.2) is 0 Å². The number of hydrogen-bond acceptors (Lipinski definition) is 4. The van der Waals surface area contributed by atoms with Crippen molar-refractivity contribution >= 4 is 6.21 Å². The summed E-state index contributed by atoms with van der Waals surface area (Å²) in [5, 5.41) is 0. The predicted molar refractivity (Wildman–Crippen MR) is 64.1 cm³/mol. The van der Waals surface area contributed by atoms with Crippen LogP contribution in [0.1, 0.15) is 18.1 Å². The average molecular weight is 233 g/mol. The molecule has 0 radical (unpaired) electrons. The van der Waals surface area contributed by atoms with Crippen LogP contribution < -0.4 is 9.47 Å². The second-order valence-electron chi connectivity index (χ2n) is 4.19. The second kappa shape index (κ2) is 4.37. The Balaban J connectivity index is 2.04.